The maximum atomic E-state index is 12.8. The molecule has 1 aliphatic heterocycles. The van der Waals surface area contributed by atoms with Gasteiger partial charge in [0.05, 0.1) is 12.7 Å². The van der Waals surface area contributed by atoms with Crippen LogP contribution in [0.1, 0.15) is 36.0 Å². The van der Waals surface area contributed by atoms with E-state index in [1.165, 1.54) is 0 Å². The summed E-state index contributed by atoms with van der Waals surface area (Å²) in [6.07, 6.45) is 4.32. The monoisotopic (exact) mass is 359 g/mol. The Hall–Kier alpha value is -0.740. The summed E-state index contributed by atoms with van der Waals surface area (Å²) in [5, 5.41) is 0. The number of alkyl halides is 1. The predicted octanol–water partition coefficient (Wildman–Crippen LogP) is 4.08. The third-order valence-electron chi connectivity index (χ3n) is 3.71. The van der Waals surface area contributed by atoms with Crippen LogP contribution in [0.2, 0.25) is 0 Å². The third-order valence-corrected chi connectivity index (χ3v) is 4.56. The van der Waals surface area contributed by atoms with Crippen molar-refractivity contribution < 1.29 is 9.53 Å². The second-order valence-electron chi connectivity index (χ2n) is 5.00. The minimum Gasteiger partial charge on any atom is -0.496 e. The van der Waals surface area contributed by atoms with Gasteiger partial charge in [-0.2, -0.15) is 0 Å². The number of nitrogens with zero attached hydrogens (tertiary/aromatic N) is 1. The van der Waals surface area contributed by atoms with Gasteiger partial charge in [-0.15, -0.1) is 11.6 Å². The lowest BCUT2D eigenvalue weighted by atomic mass is 10.1. The van der Waals surface area contributed by atoms with Crippen LogP contribution < -0.4 is 4.74 Å². The Morgan fingerprint density at radius 2 is 2.25 bits per heavy atom. The lowest BCUT2D eigenvalue weighted by Gasteiger charge is -2.29. The molecule has 1 fully saturated rings. The standard InChI is InChI=1S/C15H19BrClNO2/c1-20-14-9-11(16)6-7-13(14)15(19)18-8-4-2-3-5-12(18)10-17/h6-7,9,12H,2-5,8,10H2,1H3. The van der Waals surface area contributed by atoms with Crippen molar-refractivity contribution >= 4 is 33.4 Å². The topological polar surface area (TPSA) is 29.5 Å². The second kappa shape index (κ2) is 7.32. The van der Waals surface area contributed by atoms with Crippen LogP contribution >= 0.6 is 27.5 Å². The average Bonchev–Trinajstić information content (AvgIpc) is 2.71. The number of hydrogen-bond donors (Lipinski definition) is 0. The van der Waals surface area contributed by atoms with Gasteiger partial charge in [-0.3, -0.25) is 4.79 Å². The highest BCUT2D eigenvalue weighted by Gasteiger charge is 2.27. The Labute approximate surface area is 133 Å². The van der Waals surface area contributed by atoms with Gasteiger partial charge in [-0.05, 0) is 31.0 Å². The van der Waals surface area contributed by atoms with Crippen LogP contribution in [-0.2, 0) is 0 Å². The van der Waals surface area contributed by atoms with Gasteiger partial charge in [-0.25, -0.2) is 0 Å². The number of hydrogen-bond acceptors (Lipinski definition) is 2. The summed E-state index contributed by atoms with van der Waals surface area (Å²) < 4.78 is 6.23. The summed E-state index contributed by atoms with van der Waals surface area (Å²) in [5.74, 6) is 1.11. The molecule has 0 aromatic heterocycles. The summed E-state index contributed by atoms with van der Waals surface area (Å²) in [4.78, 5) is 14.7. The summed E-state index contributed by atoms with van der Waals surface area (Å²) in [6.45, 7) is 0.773. The van der Waals surface area contributed by atoms with Crippen molar-refractivity contribution in [1.29, 1.82) is 0 Å². The van der Waals surface area contributed by atoms with E-state index in [0.29, 0.717) is 17.2 Å². The number of rotatable bonds is 3. The SMILES string of the molecule is COc1cc(Br)ccc1C(=O)N1CCCCCC1CCl. The van der Waals surface area contributed by atoms with Crippen LogP contribution in [0.5, 0.6) is 5.75 Å². The summed E-state index contributed by atoms with van der Waals surface area (Å²) in [5.41, 5.74) is 0.604. The van der Waals surface area contributed by atoms with Crippen molar-refractivity contribution in [1.82, 2.24) is 4.90 Å². The van der Waals surface area contributed by atoms with Crippen molar-refractivity contribution in [3.8, 4) is 5.75 Å². The van der Waals surface area contributed by atoms with E-state index >= 15 is 0 Å². The zero-order chi connectivity index (χ0) is 14.5. The maximum absolute atomic E-state index is 12.8. The van der Waals surface area contributed by atoms with Crippen molar-refractivity contribution in [3.05, 3.63) is 28.2 Å². The minimum atomic E-state index is 0.0156. The fraction of sp³-hybridized carbons (Fsp3) is 0.533. The number of amides is 1. The summed E-state index contributed by atoms with van der Waals surface area (Å²) >= 11 is 9.44. The van der Waals surface area contributed by atoms with E-state index in [1.54, 1.807) is 13.2 Å². The van der Waals surface area contributed by atoms with E-state index in [1.807, 2.05) is 17.0 Å². The van der Waals surface area contributed by atoms with E-state index in [4.69, 9.17) is 16.3 Å². The molecular weight excluding hydrogens is 342 g/mol. The molecule has 110 valence electrons. The van der Waals surface area contributed by atoms with Gasteiger partial charge in [0.1, 0.15) is 5.75 Å². The molecule has 20 heavy (non-hydrogen) atoms. The molecule has 1 aromatic rings. The van der Waals surface area contributed by atoms with Gasteiger partial charge < -0.3 is 9.64 Å². The molecule has 2 rings (SSSR count). The second-order valence-corrected chi connectivity index (χ2v) is 6.22. The van der Waals surface area contributed by atoms with Gasteiger partial charge in [0.15, 0.2) is 0 Å². The molecule has 0 aliphatic carbocycles. The van der Waals surface area contributed by atoms with Gasteiger partial charge in [0.25, 0.3) is 5.91 Å². The Balaban J connectivity index is 2.28. The lowest BCUT2D eigenvalue weighted by Crippen LogP contribution is -2.41. The Bertz CT molecular complexity index is 481. The highest BCUT2D eigenvalue weighted by molar-refractivity contribution is 9.10. The van der Waals surface area contributed by atoms with Crippen molar-refractivity contribution in [2.45, 2.75) is 31.7 Å². The maximum Gasteiger partial charge on any atom is 0.257 e. The Morgan fingerprint density at radius 3 is 2.95 bits per heavy atom. The van der Waals surface area contributed by atoms with Crippen molar-refractivity contribution in [2.24, 2.45) is 0 Å². The molecule has 1 aliphatic rings. The largest absolute Gasteiger partial charge is 0.496 e. The molecule has 0 bridgehead atoms. The lowest BCUT2D eigenvalue weighted by molar-refractivity contribution is 0.0697. The number of carbonyl (C=O) groups is 1. The molecule has 5 heteroatoms. The number of likely N-dealkylation sites (tertiary alicyclic amines) is 1. The number of benzene rings is 1. The molecule has 1 aromatic carbocycles. The molecule has 0 N–H and O–H groups in total. The van der Waals surface area contributed by atoms with Crippen LogP contribution in [0.3, 0.4) is 0 Å². The van der Waals surface area contributed by atoms with Gasteiger partial charge in [0, 0.05) is 22.9 Å². The molecule has 1 heterocycles. The molecule has 1 saturated heterocycles. The van der Waals surface area contributed by atoms with Crippen LogP contribution in [0.15, 0.2) is 22.7 Å². The fourth-order valence-corrected chi connectivity index (χ4v) is 3.26. The number of halogens is 2. The minimum absolute atomic E-state index is 0.0156. The van der Waals surface area contributed by atoms with Crippen LogP contribution in [0.25, 0.3) is 0 Å². The van der Waals surface area contributed by atoms with Crippen molar-refractivity contribution in [3.63, 3.8) is 0 Å². The van der Waals surface area contributed by atoms with Crippen LogP contribution in [0, 0.1) is 0 Å². The zero-order valence-corrected chi connectivity index (χ0v) is 13.9. The number of carbonyl (C=O) groups excluding carboxylic acids is 1. The zero-order valence-electron chi connectivity index (χ0n) is 11.6. The van der Waals surface area contributed by atoms with Gasteiger partial charge in [-0.1, -0.05) is 28.8 Å². The normalized spacial score (nSPS) is 19.6. The molecule has 0 radical (unpaired) electrons. The predicted molar refractivity (Wildman–Crippen MR) is 84.7 cm³/mol. The molecule has 1 atom stereocenters. The summed E-state index contributed by atoms with van der Waals surface area (Å²) in [6, 6.07) is 5.62. The molecule has 0 spiro atoms. The first kappa shape index (κ1) is 15.6. The van der Waals surface area contributed by atoms with Crippen molar-refractivity contribution in [2.75, 3.05) is 19.5 Å². The third kappa shape index (κ3) is 3.47. The van der Waals surface area contributed by atoms with Gasteiger partial charge >= 0.3 is 0 Å². The highest BCUT2D eigenvalue weighted by Crippen LogP contribution is 2.27. The molecule has 1 amide bonds. The first-order chi connectivity index (χ1) is 9.67. The van der Waals surface area contributed by atoms with E-state index in [-0.39, 0.29) is 11.9 Å². The van der Waals surface area contributed by atoms with E-state index in [0.717, 1.165) is 36.7 Å². The molecule has 1 unspecified atom stereocenters. The van der Waals surface area contributed by atoms with Crippen LogP contribution in [0.4, 0.5) is 0 Å². The number of methoxy groups -OCH3 is 1. The quantitative estimate of drug-likeness (QED) is 0.760. The smallest absolute Gasteiger partial charge is 0.257 e. The molecular formula is C15H19BrClNO2. The van der Waals surface area contributed by atoms with E-state index < -0.39 is 0 Å². The first-order valence-electron chi connectivity index (χ1n) is 6.88. The molecule has 3 nitrogen and oxygen atoms in total. The Morgan fingerprint density at radius 1 is 1.45 bits per heavy atom. The van der Waals surface area contributed by atoms with Crippen LogP contribution in [-0.4, -0.2) is 36.4 Å². The average molecular weight is 361 g/mol. The highest BCUT2D eigenvalue weighted by atomic mass is 79.9. The number of ether oxygens (including phenoxy) is 1. The summed E-state index contributed by atoms with van der Waals surface area (Å²) in [7, 11) is 1.58. The van der Waals surface area contributed by atoms with E-state index in [9.17, 15) is 4.79 Å². The molecule has 0 saturated carbocycles. The Kier molecular flexibility index (Phi) is 5.73. The fourth-order valence-electron chi connectivity index (χ4n) is 2.60. The van der Waals surface area contributed by atoms with E-state index in [2.05, 4.69) is 15.9 Å². The first-order valence-corrected chi connectivity index (χ1v) is 8.20. The van der Waals surface area contributed by atoms with Gasteiger partial charge in [0.2, 0.25) is 0 Å².